The van der Waals surface area contributed by atoms with Gasteiger partial charge in [-0.3, -0.25) is 4.79 Å². The number of anilines is 1. The molecular weight excluding hydrogens is 258 g/mol. The van der Waals surface area contributed by atoms with Crippen LogP contribution < -0.4 is 4.90 Å². The molecule has 0 bridgehead atoms. The minimum absolute atomic E-state index is 0.318. The number of carbonyl (C=O) groups is 1. The summed E-state index contributed by atoms with van der Waals surface area (Å²) in [7, 11) is 4.12. The summed E-state index contributed by atoms with van der Waals surface area (Å²) in [6.45, 7) is 2.09. The van der Waals surface area contributed by atoms with Gasteiger partial charge in [-0.15, -0.1) is 0 Å². The molecule has 21 heavy (non-hydrogen) atoms. The summed E-state index contributed by atoms with van der Waals surface area (Å²) < 4.78 is 0. The normalized spacial score (nSPS) is 18.4. The highest BCUT2D eigenvalue weighted by molar-refractivity contribution is 5.81. The van der Waals surface area contributed by atoms with Crippen molar-refractivity contribution in [1.29, 1.82) is 0 Å². The molecular formula is C19H27NO. The van der Waals surface area contributed by atoms with Crippen LogP contribution in [-0.2, 0) is 4.79 Å². The number of nitrogens with zero attached hydrogens (tertiary/aromatic N) is 1. The molecule has 0 aromatic heterocycles. The van der Waals surface area contributed by atoms with Crippen molar-refractivity contribution in [2.75, 3.05) is 19.0 Å². The van der Waals surface area contributed by atoms with Gasteiger partial charge in [0.15, 0.2) is 0 Å². The molecule has 0 spiro atoms. The lowest BCUT2D eigenvalue weighted by Gasteiger charge is -2.23. The van der Waals surface area contributed by atoms with E-state index in [4.69, 9.17) is 0 Å². The molecule has 2 heteroatoms. The molecule has 0 saturated heterocycles. The molecule has 1 saturated carbocycles. The third kappa shape index (κ3) is 4.45. The Bertz CT molecular complexity index is 489. The van der Waals surface area contributed by atoms with Crippen LogP contribution in [-0.4, -0.2) is 19.9 Å². The first kappa shape index (κ1) is 15.8. The summed E-state index contributed by atoms with van der Waals surface area (Å²) in [6.07, 6.45) is 8.29. The Morgan fingerprint density at radius 3 is 2.33 bits per heavy atom. The number of hydrogen-bond acceptors (Lipinski definition) is 2. The van der Waals surface area contributed by atoms with Crippen molar-refractivity contribution in [3.63, 3.8) is 0 Å². The van der Waals surface area contributed by atoms with Crippen molar-refractivity contribution in [3.05, 3.63) is 35.4 Å². The smallest absolute Gasteiger partial charge is 0.135 e. The van der Waals surface area contributed by atoms with Crippen molar-refractivity contribution in [2.45, 2.75) is 45.4 Å². The molecule has 0 atom stereocenters. The van der Waals surface area contributed by atoms with Crippen LogP contribution in [0.3, 0.4) is 0 Å². The van der Waals surface area contributed by atoms with Gasteiger partial charge in [-0.1, -0.05) is 30.7 Å². The molecule has 0 amide bonds. The minimum Gasteiger partial charge on any atom is -0.378 e. The van der Waals surface area contributed by atoms with Crippen molar-refractivity contribution >= 4 is 17.5 Å². The Kier molecular flexibility index (Phi) is 5.60. The molecule has 114 valence electrons. The van der Waals surface area contributed by atoms with E-state index < -0.39 is 0 Å². The third-order valence-corrected chi connectivity index (χ3v) is 4.36. The lowest BCUT2D eigenvalue weighted by atomic mass is 9.82. The van der Waals surface area contributed by atoms with Crippen molar-refractivity contribution in [1.82, 2.24) is 0 Å². The summed E-state index contributed by atoms with van der Waals surface area (Å²) >= 11 is 0. The van der Waals surface area contributed by atoms with Gasteiger partial charge in [-0.2, -0.15) is 0 Å². The van der Waals surface area contributed by atoms with E-state index in [-0.39, 0.29) is 0 Å². The second kappa shape index (κ2) is 7.44. The van der Waals surface area contributed by atoms with Gasteiger partial charge in [0.25, 0.3) is 0 Å². The Balaban J connectivity index is 1.93. The summed E-state index contributed by atoms with van der Waals surface area (Å²) in [5, 5.41) is 0. The molecule has 1 aromatic rings. The molecule has 0 radical (unpaired) electrons. The summed E-state index contributed by atoms with van der Waals surface area (Å²) in [6, 6.07) is 8.67. The zero-order valence-electron chi connectivity index (χ0n) is 13.6. The van der Waals surface area contributed by atoms with Crippen LogP contribution in [0.5, 0.6) is 0 Å². The number of allylic oxidation sites excluding steroid dienone is 1. The molecule has 1 aliphatic rings. The first-order valence-electron chi connectivity index (χ1n) is 8.09. The molecule has 1 aliphatic carbocycles. The maximum atomic E-state index is 11.9. The van der Waals surface area contributed by atoms with Gasteiger partial charge >= 0.3 is 0 Å². The average Bonchev–Trinajstić information content (AvgIpc) is 2.49. The zero-order chi connectivity index (χ0) is 15.2. The van der Waals surface area contributed by atoms with E-state index in [1.165, 1.54) is 16.8 Å². The molecule has 0 heterocycles. The summed E-state index contributed by atoms with van der Waals surface area (Å²) in [5.41, 5.74) is 3.99. The topological polar surface area (TPSA) is 20.3 Å². The number of Topliss-reactive ketones (excluding diaryl/α,β-unsaturated/α-hetero) is 1. The predicted octanol–water partition coefficient (Wildman–Crippen LogP) is 4.70. The van der Waals surface area contributed by atoms with Crippen LogP contribution in [0.25, 0.3) is 6.08 Å². The second-order valence-electron chi connectivity index (χ2n) is 6.28. The van der Waals surface area contributed by atoms with Crippen LogP contribution in [0.2, 0.25) is 0 Å². The maximum Gasteiger partial charge on any atom is 0.135 e. The highest BCUT2D eigenvalue weighted by Crippen LogP contribution is 2.31. The SMILES string of the molecule is CCCC(=O)C1CCC(=Cc2ccc(N(C)C)cc2)CC1. The van der Waals surface area contributed by atoms with Crippen LogP contribution in [0.15, 0.2) is 29.8 Å². The molecule has 0 aliphatic heterocycles. The van der Waals surface area contributed by atoms with Crippen LogP contribution >= 0.6 is 0 Å². The lowest BCUT2D eigenvalue weighted by molar-refractivity contribution is -0.123. The molecule has 0 N–H and O–H groups in total. The third-order valence-electron chi connectivity index (χ3n) is 4.36. The maximum absolute atomic E-state index is 11.9. The van der Waals surface area contributed by atoms with Gasteiger partial charge in [0.1, 0.15) is 5.78 Å². The van der Waals surface area contributed by atoms with Crippen LogP contribution in [0, 0.1) is 5.92 Å². The van der Waals surface area contributed by atoms with Gasteiger partial charge in [0, 0.05) is 32.1 Å². The van der Waals surface area contributed by atoms with Crippen LogP contribution in [0.4, 0.5) is 5.69 Å². The molecule has 2 nitrogen and oxygen atoms in total. The van der Waals surface area contributed by atoms with Gasteiger partial charge in [0.05, 0.1) is 0 Å². The van der Waals surface area contributed by atoms with Gasteiger partial charge in [-0.25, -0.2) is 0 Å². The quantitative estimate of drug-likeness (QED) is 0.782. The molecule has 2 rings (SSSR count). The fraction of sp³-hybridized carbons (Fsp3) is 0.526. The first-order chi connectivity index (χ1) is 10.1. The van der Waals surface area contributed by atoms with E-state index in [1.54, 1.807) is 0 Å². The van der Waals surface area contributed by atoms with E-state index >= 15 is 0 Å². The predicted molar refractivity (Wildman–Crippen MR) is 90.6 cm³/mol. The van der Waals surface area contributed by atoms with E-state index in [2.05, 4.69) is 56.3 Å². The van der Waals surface area contributed by atoms with Crippen molar-refractivity contribution < 1.29 is 4.79 Å². The number of rotatable bonds is 5. The average molecular weight is 285 g/mol. The Morgan fingerprint density at radius 2 is 1.81 bits per heavy atom. The largest absolute Gasteiger partial charge is 0.378 e. The summed E-state index contributed by atoms with van der Waals surface area (Å²) in [5.74, 6) is 0.796. The molecule has 1 fully saturated rings. The van der Waals surface area contributed by atoms with Gasteiger partial charge in [0.2, 0.25) is 0 Å². The number of benzene rings is 1. The highest BCUT2D eigenvalue weighted by atomic mass is 16.1. The van der Waals surface area contributed by atoms with Gasteiger partial charge < -0.3 is 4.90 Å². The van der Waals surface area contributed by atoms with E-state index in [0.29, 0.717) is 11.7 Å². The van der Waals surface area contributed by atoms with E-state index in [1.807, 2.05) is 0 Å². The van der Waals surface area contributed by atoms with Crippen molar-refractivity contribution in [3.8, 4) is 0 Å². The van der Waals surface area contributed by atoms with Gasteiger partial charge in [-0.05, 0) is 49.8 Å². The molecule has 1 aromatic carbocycles. The first-order valence-corrected chi connectivity index (χ1v) is 8.09. The fourth-order valence-electron chi connectivity index (χ4n) is 3.01. The van der Waals surface area contributed by atoms with Crippen LogP contribution in [0.1, 0.15) is 51.0 Å². The Hall–Kier alpha value is -1.57. The molecule has 0 unspecified atom stereocenters. The standard InChI is InChI=1S/C19H27NO/c1-4-5-19(21)17-10-6-15(7-11-17)14-16-8-12-18(13-9-16)20(2)3/h8-9,12-14,17H,4-7,10-11H2,1-3H3. The van der Waals surface area contributed by atoms with E-state index in [9.17, 15) is 4.79 Å². The fourth-order valence-corrected chi connectivity index (χ4v) is 3.01. The number of carbonyl (C=O) groups excluding carboxylic acids is 1. The number of hydrogen-bond donors (Lipinski definition) is 0. The Morgan fingerprint density at radius 1 is 1.19 bits per heavy atom. The highest BCUT2D eigenvalue weighted by Gasteiger charge is 2.22. The summed E-state index contributed by atoms with van der Waals surface area (Å²) in [4.78, 5) is 14.1. The monoisotopic (exact) mass is 285 g/mol. The zero-order valence-corrected chi connectivity index (χ0v) is 13.6. The minimum atomic E-state index is 0.318. The number of ketones is 1. The van der Waals surface area contributed by atoms with Crippen molar-refractivity contribution in [2.24, 2.45) is 5.92 Å². The van der Waals surface area contributed by atoms with E-state index in [0.717, 1.165) is 38.5 Å². The Labute approximate surface area is 128 Å². The lowest BCUT2D eigenvalue weighted by Crippen LogP contribution is -2.18. The second-order valence-corrected chi connectivity index (χ2v) is 6.28.